The summed E-state index contributed by atoms with van der Waals surface area (Å²) in [5.74, 6) is 0.714. The molecule has 0 atom stereocenters. The predicted octanol–water partition coefficient (Wildman–Crippen LogP) is 8.31. The Morgan fingerprint density at radius 2 is 1.32 bits per heavy atom. The number of halogens is 1. The molecule has 0 amide bonds. The third-order valence-electron chi connectivity index (χ3n) is 6.54. The summed E-state index contributed by atoms with van der Waals surface area (Å²) in [7, 11) is 0. The number of rotatable bonds is 12. The molecule has 0 saturated heterocycles. The van der Waals surface area contributed by atoms with Gasteiger partial charge >= 0.3 is 0 Å². The molecule has 0 unspecified atom stereocenters. The van der Waals surface area contributed by atoms with Crippen molar-refractivity contribution < 1.29 is 3.07 Å². The van der Waals surface area contributed by atoms with E-state index in [0.29, 0.717) is 5.88 Å². The molecule has 0 aliphatic heterocycles. The maximum absolute atomic E-state index is 5.53. The summed E-state index contributed by atoms with van der Waals surface area (Å²) in [4.78, 5) is 4.94. The van der Waals surface area contributed by atoms with Gasteiger partial charge in [0.05, 0.1) is 28.5 Å². The number of unbranched alkanes of at least 4 members (excludes halogenated alkanes) is 2. The lowest BCUT2D eigenvalue weighted by atomic mass is 10.2. The highest BCUT2D eigenvalue weighted by Crippen LogP contribution is 2.25. The van der Waals surface area contributed by atoms with Gasteiger partial charge in [-0.2, -0.15) is 10.2 Å². The summed E-state index contributed by atoms with van der Waals surface area (Å²) in [6.07, 6.45) is 6.43. The van der Waals surface area contributed by atoms with E-state index in [1.54, 1.807) is 0 Å². The first-order valence-electron chi connectivity index (χ1n) is 13.4. The van der Waals surface area contributed by atoms with E-state index in [-0.39, 0.29) is 0 Å². The van der Waals surface area contributed by atoms with Gasteiger partial charge in [0.25, 0.3) is 0 Å². The zero-order chi connectivity index (χ0) is 26.9. The molecule has 0 N–H and O–H groups in total. The number of aryl methyl sites for hydroxylation is 2. The summed E-state index contributed by atoms with van der Waals surface area (Å²) in [6, 6.07) is 24.8. The van der Waals surface area contributed by atoms with Crippen molar-refractivity contribution in [3.8, 4) is 17.1 Å². The topological polar surface area (TPSA) is 56.7 Å². The molecule has 0 aliphatic rings. The van der Waals surface area contributed by atoms with Crippen LogP contribution < -0.4 is 3.07 Å². The third-order valence-corrected chi connectivity index (χ3v) is 7.00. The number of hydrogen-bond acceptors (Lipinski definition) is 4. The minimum Gasteiger partial charge on any atom is -0.408 e. The van der Waals surface area contributed by atoms with Gasteiger partial charge in [-0.05, 0) is 69.9 Å². The van der Waals surface area contributed by atoms with Crippen LogP contribution in [0.15, 0.2) is 83.0 Å². The van der Waals surface area contributed by atoms with Crippen LogP contribution in [0.2, 0.25) is 0 Å². The van der Waals surface area contributed by atoms with Gasteiger partial charge in [0.1, 0.15) is 0 Å². The highest BCUT2D eigenvalue weighted by molar-refractivity contribution is 14.1. The fourth-order valence-corrected chi connectivity index (χ4v) is 4.71. The van der Waals surface area contributed by atoms with E-state index in [1.165, 1.54) is 5.69 Å². The average molecular weight is 622 g/mol. The smallest absolute Gasteiger partial charge is 0.226 e. The van der Waals surface area contributed by atoms with Gasteiger partial charge in [-0.15, -0.1) is 0 Å². The van der Waals surface area contributed by atoms with Gasteiger partial charge in [-0.25, -0.2) is 14.3 Å². The summed E-state index contributed by atoms with van der Waals surface area (Å²) >= 11 is 1.91. The first kappa shape index (κ1) is 27.8. The SMILES string of the molecule is CCCCc1ccc(OI)n1/N=C(\C)c1cccc(/C(C)=N/n2c(CCCC)ccc2-c2ccccc2)n1. The van der Waals surface area contributed by atoms with Crippen molar-refractivity contribution in [3.05, 3.63) is 95.6 Å². The standard InChI is InChI=1S/C31H36IN5O/c1-5-7-15-26-19-21-30(25-13-10-9-11-14-25)36(26)34-23(3)28-17-12-18-29(33-28)24(4)35-37-27(16-8-6-2)20-22-31(37)38-32/h9-14,17-22H,5-8,15-16H2,1-4H3/b34-23+,35-24+. The van der Waals surface area contributed by atoms with Gasteiger partial charge in [-0.3, -0.25) is 0 Å². The molecule has 0 spiro atoms. The molecule has 4 rings (SSSR count). The molecular formula is C31H36IN5O. The van der Waals surface area contributed by atoms with E-state index in [1.807, 2.05) is 71.9 Å². The van der Waals surface area contributed by atoms with Crippen LogP contribution >= 0.6 is 23.0 Å². The highest BCUT2D eigenvalue weighted by Gasteiger charge is 2.13. The molecule has 7 heteroatoms. The molecule has 3 heterocycles. The van der Waals surface area contributed by atoms with Crippen LogP contribution in [0.5, 0.6) is 5.88 Å². The van der Waals surface area contributed by atoms with E-state index < -0.39 is 0 Å². The second-order valence-electron chi connectivity index (χ2n) is 9.43. The van der Waals surface area contributed by atoms with Crippen LogP contribution in [0.1, 0.15) is 76.2 Å². The Bertz CT molecular complexity index is 1400. The molecule has 1 aromatic carbocycles. The van der Waals surface area contributed by atoms with Crippen LogP contribution in [0.4, 0.5) is 0 Å². The first-order valence-corrected chi connectivity index (χ1v) is 14.3. The van der Waals surface area contributed by atoms with Crippen molar-refractivity contribution in [2.45, 2.75) is 66.2 Å². The second-order valence-corrected chi connectivity index (χ2v) is 9.87. The zero-order valence-corrected chi connectivity index (χ0v) is 24.9. The van der Waals surface area contributed by atoms with E-state index in [4.69, 9.17) is 18.3 Å². The fourth-order valence-electron chi connectivity index (χ4n) is 4.37. The number of aromatic nitrogens is 3. The third kappa shape index (κ3) is 6.62. The Morgan fingerprint density at radius 1 is 0.737 bits per heavy atom. The second kappa shape index (κ2) is 13.6. The van der Waals surface area contributed by atoms with Crippen LogP contribution in [0, 0.1) is 0 Å². The van der Waals surface area contributed by atoms with Crippen LogP contribution in [-0.2, 0) is 12.8 Å². The lowest BCUT2D eigenvalue weighted by Gasteiger charge is -2.11. The summed E-state index contributed by atoms with van der Waals surface area (Å²) in [5.41, 5.74) is 7.89. The Balaban J connectivity index is 1.69. The van der Waals surface area contributed by atoms with Crippen molar-refractivity contribution in [3.63, 3.8) is 0 Å². The van der Waals surface area contributed by atoms with Gasteiger partial charge in [-0.1, -0.05) is 63.1 Å². The molecule has 38 heavy (non-hydrogen) atoms. The monoisotopic (exact) mass is 621 g/mol. The van der Waals surface area contributed by atoms with Crippen LogP contribution in [0.25, 0.3) is 11.3 Å². The molecule has 0 aliphatic carbocycles. The number of pyridine rings is 1. The van der Waals surface area contributed by atoms with Gasteiger partial charge in [0.15, 0.2) is 23.0 Å². The van der Waals surface area contributed by atoms with Crippen LogP contribution in [0.3, 0.4) is 0 Å². The fraction of sp³-hybridized carbons (Fsp3) is 0.323. The molecule has 3 aromatic heterocycles. The maximum Gasteiger partial charge on any atom is 0.226 e. The van der Waals surface area contributed by atoms with Crippen molar-refractivity contribution in [2.75, 3.05) is 0 Å². The lowest BCUT2D eigenvalue weighted by molar-refractivity contribution is 0.603. The Kier molecular flexibility index (Phi) is 9.92. The Hall–Kier alpha value is -3.20. The zero-order valence-electron chi connectivity index (χ0n) is 22.7. The number of benzene rings is 1. The number of hydrogen-bond donors (Lipinski definition) is 0. The van der Waals surface area contributed by atoms with Gasteiger partial charge in [0, 0.05) is 23.0 Å². The van der Waals surface area contributed by atoms with Crippen molar-refractivity contribution in [1.29, 1.82) is 0 Å². The minimum atomic E-state index is 0.714. The maximum atomic E-state index is 5.53. The number of nitrogens with zero attached hydrogens (tertiary/aromatic N) is 5. The van der Waals surface area contributed by atoms with E-state index >= 15 is 0 Å². The molecule has 0 radical (unpaired) electrons. The molecular weight excluding hydrogens is 585 g/mol. The quantitative estimate of drug-likeness (QED) is 0.118. The molecule has 4 aromatic rings. The van der Waals surface area contributed by atoms with Crippen molar-refractivity contribution in [1.82, 2.24) is 14.3 Å². The first-order chi connectivity index (χ1) is 18.5. The van der Waals surface area contributed by atoms with Gasteiger partial charge < -0.3 is 3.07 Å². The van der Waals surface area contributed by atoms with E-state index in [0.717, 1.165) is 78.3 Å². The normalized spacial score (nSPS) is 12.2. The molecule has 6 nitrogen and oxygen atoms in total. The summed E-state index contributed by atoms with van der Waals surface area (Å²) in [6.45, 7) is 8.42. The van der Waals surface area contributed by atoms with Crippen molar-refractivity contribution >= 4 is 34.4 Å². The minimum absolute atomic E-state index is 0.714. The molecule has 198 valence electrons. The average Bonchev–Trinajstić information content (AvgIpc) is 3.54. The van der Waals surface area contributed by atoms with E-state index in [9.17, 15) is 0 Å². The Morgan fingerprint density at radius 3 is 1.92 bits per heavy atom. The molecule has 0 saturated carbocycles. The lowest BCUT2D eigenvalue weighted by Crippen LogP contribution is -2.10. The van der Waals surface area contributed by atoms with E-state index in [2.05, 4.69) is 61.0 Å². The highest BCUT2D eigenvalue weighted by atomic mass is 127. The van der Waals surface area contributed by atoms with Crippen LogP contribution in [-0.4, -0.2) is 25.8 Å². The molecule has 0 fully saturated rings. The summed E-state index contributed by atoms with van der Waals surface area (Å²) in [5, 5.41) is 9.96. The van der Waals surface area contributed by atoms with Crippen molar-refractivity contribution in [2.24, 2.45) is 10.2 Å². The predicted molar refractivity (Wildman–Crippen MR) is 166 cm³/mol. The van der Waals surface area contributed by atoms with Gasteiger partial charge in [0.2, 0.25) is 5.88 Å². The Labute approximate surface area is 240 Å². The largest absolute Gasteiger partial charge is 0.408 e. The molecule has 0 bridgehead atoms. The summed E-state index contributed by atoms with van der Waals surface area (Å²) < 4.78 is 9.50.